The fourth-order valence-corrected chi connectivity index (χ4v) is 4.17. The Balaban J connectivity index is 1.48. The van der Waals surface area contributed by atoms with Crippen molar-refractivity contribution in [3.05, 3.63) is 89.5 Å². The van der Waals surface area contributed by atoms with Gasteiger partial charge in [0.25, 0.3) is 5.91 Å². The Kier molecular flexibility index (Phi) is 10.2. The normalized spacial score (nSPS) is 10.3. The van der Waals surface area contributed by atoms with Crippen LogP contribution in [0, 0.1) is 0 Å². The van der Waals surface area contributed by atoms with E-state index in [-0.39, 0.29) is 23.8 Å². The number of esters is 1. The Morgan fingerprint density at radius 3 is 1.86 bits per heavy atom. The highest BCUT2D eigenvalue weighted by atomic mass is 32.2. The third kappa shape index (κ3) is 7.78. The van der Waals surface area contributed by atoms with E-state index in [0.29, 0.717) is 22.9 Å². The number of amides is 2. The number of carbonyl (C=O) groups is 3. The monoisotopic (exact) mass is 508 g/mol. The second-order valence-electron chi connectivity index (χ2n) is 7.54. The minimum Gasteiger partial charge on any atom is -0.496 e. The van der Waals surface area contributed by atoms with Gasteiger partial charge < -0.3 is 24.8 Å². The molecular weight excluding hydrogens is 480 g/mol. The van der Waals surface area contributed by atoms with Gasteiger partial charge in [-0.3, -0.25) is 9.59 Å². The van der Waals surface area contributed by atoms with E-state index in [2.05, 4.69) is 10.6 Å². The summed E-state index contributed by atoms with van der Waals surface area (Å²) in [6.45, 7) is 0.153. The smallest absolute Gasteiger partial charge is 0.339 e. The second-order valence-corrected chi connectivity index (χ2v) is 8.56. The van der Waals surface area contributed by atoms with Crippen LogP contribution in [-0.2, 0) is 27.4 Å². The summed E-state index contributed by atoms with van der Waals surface area (Å²) in [5.74, 6) is 0.205. The van der Waals surface area contributed by atoms with Crippen molar-refractivity contribution in [2.45, 2.75) is 18.0 Å². The maximum absolute atomic E-state index is 12.6. The maximum atomic E-state index is 12.6. The molecule has 0 aliphatic heterocycles. The molecule has 188 valence electrons. The maximum Gasteiger partial charge on any atom is 0.339 e. The quantitative estimate of drug-likeness (QED) is 0.285. The van der Waals surface area contributed by atoms with Crippen molar-refractivity contribution < 1.29 is 28.6 Å². The van der Waals surface area contributed by atoms with E-state index in [0.717, 1.165) is 11.1 Å². The molecule has 2 N–H and O–H groups in total. The lowest BCUT2D eigenvalue weighted by Crippen LogP contribution is -2.28. The predicted molar refractivity (Wildman–Crippen MR) is 137 cm³/mol. The Labute approximate surface area is 214 Å². The molecule has 0 spiro atoms. The first kappa shape index (κ1) is 26.6. The zero-order valence-corrected chi connectivity index (χ0v) is 20.9. The fraction of sp³-hybridized carbons (Fsp3) is 0.222. The van der Waals surface area contributed by atoms with Crippen LogP contribution in [0.15, 0.2) is 77.7 Å². The molecular formula is C27H28N2O6S. The summed E-state index contributed by atoms with van der Waals surface area (Å²) in [7, 11) is 3.14. The van der Waals surface area contributed by atoms with E-state index >= 15 is 0 Å². The number of methoxy groups -OCH3 is 2. The summed E-state index contributed by atoms with van der Waals surface area (Å²) in [6, 6.07) is 21.6. The van der Waals surface area contributed by atoms with Crippen molar-refractivity contribution in [2.75, 3.05) is 26.6 Å². The van der Waals surface area contributed by atoms with Crippen LogP contribution in [0.3, 0.4) is 0 Å². The lowest BCUT2D eigenvalue weighted by Gasteiger charge is -2.12. The van der Waals surface area contributed by atoms with Gasteiger partial charge in [-0.15, -0.1) is 11.8 Å². The molecule has 3 aromatic carbocycles. The van der Waals surface area contributed by atoms with Crippen LogP contribution in [0.4, 0.5) is 0 Å². The van der Waals surface area contributed by atoms with Crippen molar-refractivity contribution >= 4 is 29.5 Å². The average molecular weight is 509 g/mol. The topological polar surface area (TPSA) is 103 Å². The van der Waals surface area contributed by atoms with Gasteiger partial charge in [-0.05, 0) is 24.3 Å². The molecule has 0 radical (unpaired) electrons. The molecule has 3 rings (SSSR count). The molecule has 0 bridgehead atoms. The highest BCUT2D eigenvalue weighted by Crippen LogP contribution is 2.23. The molecule has 0 aliphatic rings. The first-order valence-electron chi connectivity index (χ1n) is 11.2. The molecule has 3 aromatic rings. The van der Waals surface area contributed by atoms with Gasteiger partial charge in [0.1, 0.15) is 11.5 Å². The first-order chi connectivity index (χ1) is 17.5. The van der Waals surface area contributed by atoms with Crippen LogP contribution in [-0.4, -0.2) is 44.4 Å². The average Bonchev–Trinajstić information content (AvgIpc) is 2.92. The van der Waals surface area contributed by atoms with Gasteiger partial charge >= 0.3 is 5.97 Å². The van der Waals surface area contributed by atoms with E-state index in [1.54, 1.807) is 44.6 Å². The van der Waals surface area contributed by atoms with E-state index < -0.39 is 18.5 Å². The highest BCUT2D eigenvalue weighted by molar-refractivity contribution is 8.00. The largest absolute Gasteiger partial charge is 0.496 e. The van der Waals surface area contributed by atoms with Gasteiger partial charge in [0.05, 0.1) is 25.5 Å². The molecule has 0 aromatic heterocycles. The van der Waals surface area contributed by atoms with E-state index in [1.165, 1.54) is 11.8 Å². The highest BCUT2D eigenvalue weighted by Gasteiger charge is 2.16. The minimum absolute atomic E-state index is 0.110. The molecule has 0 heterocycles. The summed E-state index contributed by atoms with van der Waals surface area (Å²) < 4.78 is 15.8. The Morgan fingerprint density at radius 2 is 1.25 bits per heavy atom. The lowest BCUT2D eigenvalue weighted by molar-refractivity contribution is -0.124. The Hall–Kier alpha value is -3.98. The van der Waals surface area contributed by atoms with Gasteiger partial charge in [0.15, 0.2) is 6.61 Å². The van der Waals surface area contributed by atoms with Gasteiger partial charge in [-0.1, -0.05) is 48.5 Å². The zero-order valence-electron chi connectivity index (χ0n) is 20.1. The number of carbonyl (C=O) groups excluding carboxylic acids is 3. The molecule has 9 heteroatoms. The third-order valence-electron chi connectivity index (χ3n) is 5.14. The van der Waals surface area contributed by atoms with Gasteiger partial charge in [-0.25, -0.2) is 4.79 Å². The molecule has 0 aliphatic carbocycles. The van der Waals surface area contributed by atoms with Crippen LogP contribution >= 0.6 is 11.8 Å². The van der Waals surface area contributed by atoms with Crippen LogP contribution in [0.25, 0.3) is 0 Å². The van der Waals surface area contributed by atoms with Gasteiger partial charge in [-0.2, -0.15) is 0 Å². The first-order valence-corrected chi connectivity index (χ1v) is 12.2. The minimum atomic E-state index is -0.639. The summed E-state index contributed by atoms with van der Waals surface area (Å²) >= 11 is 1.22. The van der Waals surface area contributed by atoms with Gasteiger partial charge in [0.2, 0.25) is 5.91 Å². The number of benzene rings is 3. The number of hydrogen-bond acceptors (Lipinski definition) is 7. The molecule has 36 heavy (non-hydrogen) atoms. The molecule has 0 fully saturated rings. The third-order valence-corrected chi connectivity index (χ3v) is 6.21. The van der Waals surface area contributed by atoms with Crippen molar-refractivity contribution in [1.82, 2.24) is 10.6 Å². The molecule has 0 unspecified atom stereocenters. The number of nitrogens with one attached hydrogen (secondary N) is 2. The number of rotatable bonds is 12. The summed E-state index contributed by atoms with van der Waals surface area (Å²) in [5, 5.41) is 5.56. The predicted octanol–water partition coefficient (Wildman–Crippen LogP) is 3.59. The summed E-state index contributed by atoms with van der Waals surface area (Å²) in [4.78, 5) is 37.8. The Morgan fingerprint density at radius 1 is 0.722 bits per heavy atom. The van der Waals surface area contributed by atoms with Crippen molar-refractivity contribution in [2.24, 2.45) is 0 Å². The van der Waals surface area contributed by atoms with Gasteiger partial charge in [0, 0.05) is 29.1 Å². The summed E-state index contributed by atoms with van der Waals surface area (Å²) in [6.07, 6.45) is 0. The van der Waals surface area contributed by atoms with Crippen LogP contribution in [0.1, 0.15) is 21.5 Å². The number of hydrogen-bond donors (Lipinski definition) is 2. The summed E-state index contributed by atoms with van der Waals surface area (Å²) in [5.41, 5.74) is 1.97. The standard InChI is InChI=1S/C27H28N2O6S/c1-33-22-12-6-3-9-19(22)15-28-25(30)17-35-27(32)21-11-5-8-14-24(21)36-18-26(31)29-16-20-10-4-7-13-23(20)34-2/h3-14H,15-18H2,1-2H3,(H,28,30)(H,29,31). The molecule has 0 atom stereocenters. The van der Waals surface area contributed by atoms with Crippen molar-refractivity contribution in [1.29, 1.82) is 0 Å². The SMILES string of the molecule is COc1ccccc1CNC(=O)COC(=O)c1ccccc1SCC(=O)NCc1ccccc1OC. The number of thioether (sulfide) groups is 1. The molecule has 8 nitrogen and oxygen atoms in total. The number of para-hydroxylation sites is 2. The Bertz CT molecular complexity index is 1200. The van der Waals surface area contributed by atoms with Crippen molar-refractivity contribution in [3.63, 3.8) is 0 Å². The zero-order chi connectivity index (χ0) is 25.8. The molecule has 2 amide bonds. The van der Waals surface area contributed by atoms with E-state index in [9.17, 15) is 14.4 Å². The van der Waals surface area contributed by atoms with E-state index in [1.807, 2.05) is 42.5 Å². The van der Waals surface area contributed by atoms with Crippen LogP contribution in [0.5, 0.6) is 11.5 Å². The van der Waals surface area contributed by atoms with Crippen LogP contribution in [0.2, 0.25) is 0 Å². The van der Waals surface area contributed by atoms with Crippen LogP contribution < -0.4 is 20.1 Å². The second kappa shape index (κ2) is 13.8. The number of ether oxygens (including phenoxy) is 3. The van der Waals surface area contributed by atoms with Crippen molar-refractivity contribution in [3.8, 4) is 11.5 Å². The lowest BCUT2D eigenvalue weighted by atomic mass is 10.2. The fourth-order valence-electron chi connectivity index (χ4n) is 3.30. The van der Waals surface area contributed by atoms with E-state index in [4.69, 9.17) is 14.2 Å². The molecule has 0 saturated carbocycles. The molecule has 0 saturated heterocycles.